The van der Waals surface area contributed by atoms with Gasteiger partial charge >= 0.3 is 0 Å². The van der Waals surface area contributed by atoms with Crippen molar-refractivity contribution in [2.24, 2.45) is 0 Å². The van der Waals surface area contributed by atoms with Gasteiger partial charge in [0.15, 0.2) is 0 Å². The molecule has 5 nitrogen and oxygen atoms in total. The van der Waals surface area contributed by atoms with E-state index in [0.29, 0.717) is 13.0 Å². The first kappa shape index (κ1) is 19.2. The van der Waals surface area contributed by atoms with Gasteiger partial charge < -0.3 is 9.80 Å². The Kier molecular flexibility index (Phi) is 5.94. The topological polar surface area (TPSA) is 41.4 Å². The van der Waals surface area contributed by atoms with Crippen LogP contribution in [0.3, 0.4) is 0 Å². The van der Waals surface area contributed by atoms with Crippen LogP contribution in [0.2, 0.25) is 0 Å². The Bertz CT molecular complexity index is 927. The molecule has 4 rings (SSSR count). The number of aromatic nitrogens is 2. The summed E-state index contributed by atoms with van der Waals surface area (Å²) in [5, 5.41) is 4.38. The van der Waals surface area contributed by atoms with Crippen LogP contribution in [0.5, 0.6) is 0 Å². The van der Waals surface area contributed by atoms with E-state index in [1.807, 2.05) is 48.3 Å². The number of carbonyl (C=O) groups is 1. The van der Waals surface area contributed by atoms with Crippen molar-refractivity contribution in [1.29, 1.82) is 0 Å². The molecule has 1 amide bonds. The van der Waals surface area contributed by atoms with Crippen LogP contribution >= 0.6 is 0 Å². The van der Waals surface area contributed by atoms with E-state index in [2.05, 4.69) is 34.3 Å². The molecular weight excluding hydrogens is 360 g/mol. The summed E-state index contributed by atoms with van der Waals surface area (Å²) in [4.78, 5) is 16.9. The average Bonchev–Trinajstić information content (AvgIpc) is 3.24. The zero-order valence-electron chi connectivity index (χ0n) is 17.0. The third-order valence-corrected chi connectivity index (χ3v) is 5.52. The van der Waals surface area contributed by atoms with Gasteiger partial charge in [-0.2, -0.15) is 5.10 Å². The number of amides is 1. The van der Waals surface area contributed by atoms with Crippen LogP contribution in [0.4, 0.5) is 5.69 Å². The smallest absolute Gasteiger partial charge is 0.227 e. The predicted octanol–water partition coefficient (Wildman–Crippen LogP) is 4.06. The Morgan fingerprint density at radius 2 is 1.66 bits per heavy atom. The monoisotopic (exact) mass is 388 g/mol. The van der Waals surface area contributed by atoms with Crippen LogP contribution in [-0.4, -0.2) is 40.7 Å². The van der Waals surface area contributed by atoms with Crippen molar-refractivity contribution in [2.45, 2.75) is 32.2 Å². The fourth-order valence-corrected chi connectivity index (χ4v) is 3.81. The fraction of sp³-hybridized carbons (Fsp3) is 0.333. The summed E-state index contributed by atoms with van der Waals surface area (Å²) in [6.45, 7) is 2.91. The van der Waals surface area contributed by atoms with Gasteiger partial charge in [-0.15, -0.1) is 0 Å². The zero-order valence-corrected chi connectivity index (χ0v) is 17.0. The lowest BCUT2D eigenvalue weighted by Crippen LogP contribution is -2.29. The van der Waals surface area contributed by atoms with Crippen LogP contribution in [-0.2, 0) is 17.8 Å². The Balaban J connectivity index is 1.33. The molecule has 0 radical (unpaired) electrons. The highest BCUT2D eigenvalue weighted by molar-refractivity contribution is 5.78. The summed E-state index contributed by atoms with van der Waals surface area (Å²) in [5.74, 6) is 0.0951. The summed E-state index contributed by atoms with van der Waals surface area (Å²) < 4.78 is 1.81. The Morgan fingerprint density at radius 1 is 0.931 bits per heavy atom. The van der Waals surface area contributed by atoms with Crippen LogP contribution in [0.15, 0.2) is 67.0 Å². The molecule has 29 heavy (non-hydrogen) atoms. The molecular formula is C24H28N4O. The van der Waals surface area contributed by atoms with Crippen molar-refractivity contribution in [1.82, 2.24) is 14.7 Å². The van der Waals surface area contributed by atoms with E-state index in [4.69, 9.17) is 0 Å². The molecule has 1 saturated heterocycles. The van der Waals surface area contributed by atoms with Gasteiger partial charge in [0.05, 0.1) is 18.3 Å². The van der Waals surface area contributed by atoms with Gasteiger partial charge in [0.1, 0.15) is 0 Å². The fourth-order valence-electron chi connectivity index (χ4n) is 3.81. The first-order valence-corrected chi connectivity index (χ1v) is 10.4. The quantitative estimate of drug-likeness (QED) is 0.639. The third kappa shape index (κ3) is 4.86. The van der Waals surface area contributed by atoms with E-state index in [-0.39, 0.29) is 5.91 Å². The van der Waals surface area contributed by atoms with Gasteiger partial charge in [0.2, 0.25) is 5.91 Å². The molecule has 1 fully saturated rings. The molecule has 3 aromatic rings. The lowest BCUT2D eigenvalue weighted by molar-refractivity contribution is -0.129. The number of carbonyl (C=O) groups excluding carboxylic acids is 1. The number of anilines is 1. The minimum Gasteiger partial charge on any atom is -0.372 e. The first-order chi connectivity index (χ1) is 14.2. The summed E-state index contributed by atoms with van der Waals surface area (Å²) in [6, 6.07) is 18.6. The van der Waals surface area contributed by atoms with Crippen molar-refractivity contribution >= 4 is 11.6 Å². The van der Waals surface area contributed by atoms with Gasteiger partial charge in [-0.1, -0.05) is 30.3 Å². The molecule has 0 N–H and O–H groups in total. The highest BCUT2D eigenvalue weighted by Gasteiger charge is 2.14. The molecule has 0 atom stereocenters. The summed E-state index contributed by atoms with van der Waals surface area (Å²) in [7, 11) is 1.86. The SMILES string of the molecule is CN(Cc1ccc(N2CCCCC2)cc1)C(=O)Cc1cnn(-c2ccccc2)c1. The molecule has 0 spiro atoms. The molecule has 0 bridgehead atoms. The third-order valence-electron chi connectivity index (χ3n) is 5.52. The minimum atomic E-state index is 0.0951. The van der Waals surface area contributed by atoms with E-state index < -0.39 is 0 Å². The first-order valence-electron chi connectivity index (χ1n) is 10.4. The second-order valence-electron chi connectivity index (χ2n) is 7.77. The summed E-state index contributed by atoms with van der Waals surface area (Å²) in [6.07, 6.45) is 7.95. The van der Waals surface area contributed by atoms with E-state index >= 15 is 0 Å². The van der Waals surface area contributed by atoms with E-state index in [9.17, 15) is 4.79 Å². The Labute approximate surface area is 172 Å². The summed E-state index contributed by atoms with van der Waals surface area (Å²) >= 11 is 0. The number of nitrogens with zero attached hydrogens (tertiary/aromatic N) is 4. The maximum atomic E-state index is 12.7. The van der Waals surface area contributed by atoms with Crippen molar-refractivity contribution in [2.75, 3.05) is 25.0 Å². The number of rotatable bonds is 6. The molecule has 2 heterocycles. The number of likely N-dealkylation sites (N-methyl/N-ethyl adjacent to an activating group) is 1. The molecule has 5 heteroatoms. The normalized spacial score (nSPS) is 14.0. The van der Waals surface area contributed by atoms with Crippen LogP contribution in [0.25, 0.3) is 5.69 Å². The molecule has 1 aliphatic rings. The van der Waals surface area contributed by atoms with Crippen molar-refractivity contribution in [3.63, 3.8) is 0 Å². The van der Waals surface area contributed by atoms with Gasteiger partial charge in [0.25, 0.3) is 0 Å². The lowest BCUT2D eigenvalue weighted by atomic mass is 10.1. The largest absolute Gasteiger partial charge is 0.372 e. The highest BCUT2D eigenvalue weighted by atomic mass is 16.2. The molecule has 2 aromatic carbocycles. The molecule has 0 saturated carbocycles. The van der Waals surface area contributed by atoms with Crippen LogP contribution in [0, 0.1) is 0 Å². The number of piperidine rings is 1. The van der Waals surface area contributed by atoms with Gasteiger partial charge in [-0.25, -0.2) is 4.68 Å². The average molecular weight is 389 g/mol. The van der Waals surface area contributed by atoms with Crippen LogP contribution in [0.1, 0.15) is 30.4 Å². The molecule has 1 aliphatic heterocycles. The predicted molar refractivity (Wildman–Crippen MR) is 116 cm³/mol. The molecule has 0 aliphatic carbocycles. The minimum absolute atomic E-state index is 0.0951. The highest BCUT2D eigenvalue weighted by Crippen LogP contribution is 2.20. The number of benzene rings is 2. The zero-order chi connectivity index (χ0) is 20.1. The standard InChI is InChI=1S/C24H28N4O/c1-26(18-20-10-12-22(13-11-20)27-14-6-3-7-15-27)24(29)16-21-17-25-28(19-21)23-8-4-2-5-9-23/h2,4-5,8-13,17,19H,3,6-7,14-16,18H2,1H3. The second kappa shape index (κ2) is 8.95. The number of para-hydroxylation sites is 1. The van der Waals surface area contributed by atoms with Crippen LogP contribution < -0.4 is 4.90 Å². The molecule has 1 aromatic heterocycles. The van der Waals surface area contributed by atoms with Crippen molar-refractivity contribution in [3.8, 4) is 5.69 Å². The second-order valence-corrected chi connectivity index (χ2v) is 7.77. The Morgan fingerprint density at radius 3 is 2.38 bits per heavy atom. The van der Waals surface area contributed by atoms with E-state index in [0.717, 1.165) is 29.9 Å². The Hall–Kier alpha value is -3.08. The van der Waals surface area contributed by atoms with E-state index in [1.54, 1.807) is 11.1 Å². The van der Waals surface area contributed by atoms with Gasteiger partial charge in [-0.3, -0.25) is 4.79 Å². The van der Waals surface area contributed by atoms with Crippen molar-refractivity contribution in [3.05, 3.63) is 78.1 Å². The number of hydrogen-bond donors (Lipinski definition) is 0. The van der Waals surface area contributed by atoms with Gasteiger partial charge in [-0.05, 0) is 54.7 Å². The maximum absolute atomic E-state index is 12.7. The number of hydrogen-bond acceptors (Lipinski definition) is 3. The lowest BCUT2D eigenvalue weighted by Gasteiger charge is -2.29. The molecule has 150 valence electrons. The molecule has 0 unspecified atom stereocenters. The summed E-state index contributed by atoms with van der Waals surface area (Å²) in [5.41, 5.74) is 4.36. The van der Waals surface area contributed by atoms with E-state index in [1.165, 1.54) is 24.9 Å². The van der Waals surface area contributed by atoms with Gasteiger partial charge in [0, 0.05) is 38.6 Å². The maximum Gasteiger partial charge on any atom is 0.227 e. The van der Waals surface area contributed by atoms with Crippen molar-refractivity contribution < 1.29 is 4.79 Å².